The molecule has 8 nitrogen and oxygen atoms in total. The van der Waals surface area contributed by atoms with Crippen molar-refractivity contribution in [2.75, 3.05) is 26.0 Å². The second-order valence-electron chi connectivity index (χ2n) is 4.31. The summed E-state index contributed by atoms with van der Waals surface area (Å²) in [6.07, 6.45) is 0. The smallest absolute Gasteiger partial charge is 0.240 e. The Kier molecular flexibility index (Phi) is 6.13. The van der Waals surface area contributed by atoms with E-state index in [2.05, 4.69) is 14.9 Å². The van der Waals surface area contributed by atoms with E-state index < -0.39 is 10.0 Å². The van der Waals surface area contributed by atoms with Crippen LogP contribution in [0.25, 0.3) is 0 Å². The summed E-state index contributed by atoms with van der Waals surface area (Å²) in [6.45, 7) is 0.596. The summed E-state index contributed by atoms with van der Waals surface area (Å²) >= 11 is 7.27. The molecule has 2 rings (SSSR count). The minimum Gasteiger partial charge on any atom is -0.485 e. The standard InChI is InChI=1S/C12H15ClN4O4S2/c1-20-5-4-15-23(18,19)8-2-3-10(9(13)6-8)21-7-11-16-17-12(14)22-11/h2-3,6,15H,4-5,7H2,1H3,(H2,14,17). The van der Waals surface area contributed by atoms with Crippen molar-refractivity contribution in [2.24, 2.45) is 0 Å². The molecule has 0 aliphatic rings. The summed E-state index contributed by atoms with van der Waals surface area (Å²) in [7, 11) is -2.15. The van der Waals surface area contributed by atoms with Gasteiger partial charge in [-0.3, -0.25) is 0 Å². The largest absolute Gasteiger partial charge is 0.485 e. The molecule has 0 aliphatic carbocycles. The van der Waals surface area contributed by atoms with Crippen molar-refractivity contribution in [1.82, 2.24) is 14.9 Å². The van der Waals surface area contributed by atoms with Gasteiger partial charge in [0.1, 0.15) is 12.4 Å². The van der Waals surface area contributed by atoms with E-state index in [1.807, 2.05) is 0 Å². The number of nitrogens with zero attached hydrogens (tertiary/aromatic N) is 2. The van der Waals surface area contributed by atoms with Crippen molar-refractivity contribution < 1.29 is 17.9 Å². The molecule has 0 saturated heterocycles. The molecular weight excluding hydrogens is 364 g/mol. The molecule has 0 aliphatic heterocycles. The van der Waals surface area contributed by atoms with E-state index in [1.54, 1.807) is 0 Å². The number of ether oxygens (including phenoxy) is 2. The average molecular weight is 379 g/mol. The Morgan fingerprint density at radius 3 is 2.78 bits per heavy atom. The van der Waals surface area contributed by atoms with Crippen molar-refractivity contribution in [3.63, 3.8) is 0 Å². The fraction of sp³-hybridized carbons (Fsp3) is 0.333. The summed E-state index contributed by atoms with van der Waals surface area (Å²) in [5.74, 6) is 0.344. The van der Waals surface area contributed by atoms with Crippen LogP contribution < -0.4 is 15.2 Å². The third kappa shape index (κ3) is 5.01. The first-order valence-corrected chi connectivity index (χ1v) is 9.09. The normalized spacial score (nSPS) is 11.6. The Morgan fingerprint density at radius 1 is 1.39 bits per heavy atom. The van der Waals surface area contributed by atoms with Crippen LogP contribution in [0, 0.1) is 0 Å². The third-order valence-electron chi connectivity index (χ3n) is 2.65. The molecule has 3 N–H and O–H groups in total. The van der Waals surface area contributed by atoms with Gasteiger partial charge in [0.25, 0.3) is 0 Å². The van der Waals surface area contributed by atoms with Gasteiger partial charge >= 0.3 is 0 Å². The number of anilines is 1. The molecule has 0 bridgehead atoms. The third-order valence-corrected chi connectivity index (χ3v) is 5.13. The monoisotopic (exact) mass is 378 g/mol. The number of hydrogen-bond acceptors (Lipinski definition) is 8. The molecule has 1 aromatic carbocycles. The maximum absolute atomic E-state index is 12.1. The number of rotatable bonds is 8. The number of nitrogen functional groups attached to an aromatic ring is 1. The van der Waals surface area contributed by atoms with E-state index >= 15 is 0 Å². The van der Waals surface area contributed by atoms with Gasteiger partial charge in [0.2, 0.25) is 15.2 Å². The van der Waals surface area contributed by atoms with E-state index in [1.165, 1.54) is 36.6 Å². The van der Waals surface area contributed by atoms with E-state index in [0.29, 0.717) is 15.9 Å². The number of nitrogens with two attached hydrogens (primary N) is 1. The molecule has 126 valence electrons. The number of sulfonamides is 1. The van der Waals surface area contributed by atoms with Crippen LogP contribution in [-0.4, -0.2) is 38.9 Å². The number of methoxy groups -OCH3 is 1. The SMILES string of the molecule is COCCNS(=O)(=O)c1ccc(OCc2nnc(N)s2)c(Cl)c1. The van der Waals surface area contributed by atoms with Crippen LogP contribution in [0.2, 0.25) is 5.02 Å². The number of benzene rings is 1. The van der Waals surface area contributed by atoms with Gasteiger partial charge in [0.15, 0.2) is 5.01 Å². The predicted molar refractivity (Wildman–Crippen MR) is 87.2 cm³/mol. The summed E-state index contributed by atoms with van der Waals surface area (Å²) in [5.41, 5.74) is 5.48. The van der Waals surface area contributed by atoms with Crippen molar-refractivity contribution in [2.45, 2.75) is 11.5 Å². The first kappa shape index (κ1) is 17.9. The summed E-state index contributed by atoms with van der Waals surface area (Å²) < 4.78 is 36.8. The van der Waals surface area contributed by atoms with Crippen LogP contribution in [-0.2, 0) is 21.4 Å². The van der Waals surface area contributed by atoms with E-state index in [0.717, 1.165) is 0 Å². The van der Waals surface area contributed by atoms with Crippen LogP contribution in [0.15, 0.2) is 23.1 Å². The molecule has 0 unspecified atom stereocenters. The van der Waals surface area contributed by atoms with Gasteiger partial charge in [0, 0.05) is 13.7 Å². The quantitative estimate of drug-likeness (QED) is 0.664. The van der Waals surface area contributed by atoms with Gasteiger partial charge in [-0.2, -0.15) is 0 Å². The fourth-order valence-corrected chi connectivity index (χ4v) is 3.45. The number of nitrogens with one attached hydrogen (secondary N) is 1. The Hall–Kier alpha value is -1.46. The number of halogens is 1. The molecule has 1 heterocycles. The predicted octanol–water partition coefficient (Wildman–Crippen LogP) is 1.28. The van der Waals surface area contributed by atoms with Crippen LogP contribution in [0.3, 0.4) is 0 Å². The molecule has 0 fully saturated rings. The minimum absolute atomic E-state index is 0.0473. The molecule has 2 aromatic rings. The molecule has 11 heteroatoms. The fourth-order valence-electron chi connectivity index (χ4n) is 1.59. The highest BCUT2D eigenvalue weighted by atomic mass is 35.5. The highest BCUT2D eigenvalue weighted by molar-refractivity contribution is 7.89. The Bertz CT molecular complexity index is 766. The molecule has 0 amide bonds. The molecule has 23 heavy (non-hydrogen) atoms. The molecule has 0 saturated carbocycles. The lowest BCUT2D eigenvalue weighted by atomic mass is 10.3. The Morgan fingerprint density at radius 2 is 2.17 bits per heavy atom. The molecule has 0 radical (unpaired) electrons. The van der Waals surface area contributed by atoms with Gasteiger partial charge in [0.05, 0.1) is 16.5 Å². The highest BCUT2D eigenvalue weighted by Crippen LogP contribution is 2.28. The molecule has 1 aromatic heterocycles. The Balaban J connectivity index is 2.05. The first-order valence-electron chi connectivity index (χ1n) is 6.41. The van der Waals surface area contributed by atoms with Crippen molar-refractivity contribution in [3.8, 4) is 5.75 Å². The van der Waals surface area contributed by atoms with Crippen LogP contribution in [0.1, 0.15) is 5.01 Å². The second kappa shape index (κ2) is 7.88. The molecule has 0 spiro atoms. The van der Waals surface area contributed by atoms with Gasteiger partial charge in [-0.1, -0.05) is 22.9 Å². The zero-order valence-corrected chi connectivity index (χ0v) is 14.5. The lowest BCUT2D eigenvalue weighted by molar-refractivity contribution is 0.204. The first-order chi connectivity index (χ1) is 10.9. The maximum Gasteiger partial charge on any atom is 0.240 e. The zero-order chi connectivity index (χ0) is 16.9. The van der Waals surface area contributed by atoms with Crippen molar-refractivity contribution in [1.29, 1.82) is 0 Å². The summed E-state index contributed by atoms with van der Waals surface area (Å²) in [4.78, 5) is 0.0473. The van der Waals surface area contributed by atoms with E-state index in [9.17, 15) is 8.42 Å². The second-order valence-corrected chi connectivity index (χ2v) is 7.57. The lowest BCUT2D eigenvalue weighted by Crippen LogP contribution is -2.27. The molecular formula is C12H15ClN4O4S2. The van der Waals surface area contributed by atoms with Crippen LogP contribution in [0.5, 0.6) is 5.75 Å². The number of hydrogen-bond donors (Lipinski definition) is 2. The Labute approximate surface area is 142 Å². The van der Waals surface area contributed by atoms with Crippen LogP contribution in [0.4, 0.5) is 5.13 Å². The zero-order valence-electron chi connectivity index (χ0n) is 12.2. The summed E-state index contributed by atoms with van der Waals surface area (Å²) in [6, 6.07) is 4.21. The van der Waals surface area contributed by atoms with Gasteiger partial charge in [-0.05, 0) is 18.2 Å². The number of aromatic nitrogens is 2. The summed E-state index contributed by atoms with van der Waals surface area (Å²) in [5, 5.41) is 8.60. The average Bonchev–Trinajstić information content (AvgIpc) is 2.91. The van der Waals surface area contributed by atoms with Crippen LogP contribution >= 0.6 is 22.9 Å². The van der Waals surface area contributed by atoms with Crippen molar-refractivity contribution in [3.05, 3.63) is 28.2 Å². The van der Waals surface area contributed by atoms with Crippen molar-refractivity contribution >= 4 is 38.1 Å². The van der Waals surface area contributed by atoms with Gasteiger partial charge in [-0.15, -0.1) is 10.2 Å². The topological polar surface area (TPSA) is 116 Å². The minimum atomic E-state index is -3.64. The van der Waals surface area contributed by atoms with E-state index in [-0.39, 0.29) is 29.7 Å². The van der Waals surface area contributed by atoms with E-state index in [4.69, 9.17) is 26.8 Å². The maximum atomic E-state index is 12.1. The highest BCUT2D eigenvalue weighted by Gasteiger charge is 2.16. The molecule has 0 atom stereocenters. The van der Waals surface area contributed by atoms with Gasteiger partial charge in [-0.25, -0.2) is 13.1 Å². The van der Waals surface area contributed by atoms with Gasteiger partial charge < -0.3 is 15.2 Å². The lowest BCUT2D eigenvalue weighted by Gasteiger charge is -2.10.